The molecule has 0 amide bonds. The van der Waals surface area contributed by atoms with E-state index in [0.717, 1.165) is 35.2 Å². The number of anilines is 4. The molecule has 8 nitrogen and oxygen atoms in total. The number of morpholine rings is 1. The fourth-order valence-corrected chi connectivity index (χ4v) is 5.42. The Kier molecular flexibility index (Phi) is 5.89. The molecule has 30 heavy (non-hydrogen) atoms. The zero-order chi connectivity index (χ0) is 21.1. The van der Waals surface area contributed by atoms with Gasteiger partial charge in [-0.05, 0) is 50.2 Å². The van der Waals surface area contributed by atoms with Crippen molar-refractivity contribution in [2.24, 2.45) is 0 Å². The van der Waals surface area contributed by atoms with E-state index >= 15 is 0 Å². The molecule has 1 fully saturated rings. The molecule has 0 saturated carbocycles. The predicted octanol–water partition coefficient (Wildman–Crippen LogP) is 3.54. The molecule has 0 bridgehead atoms. The number of aromatic nitrogens is 2. The lowest BCUT2D eigenvalue weighted by Gasteiger charge is -2.28. The van der Waals surface area contributed by atoms with Gasteiger partial charge in [-0.2, -0.15) is 4.98 Å². The molecule has 1 aliphatic heterocycles. The first-order chi connectivity index (χ1) is 14.4. The average Bonchev–Trinajstić information content (AvgIpc) is 3.17. The molecule has 1 saturated heterocycles. The number of nitrogens with zero attached hydrogens (tertiary/aromatic N) is 3. The van der Waals surface area contributed by atoms with Gasteiger partial charge in [0.15, 0.2) is 0 Å². The van der Waals surface area contributed by atoms with Gasteiger partial charge in [0.2, 0.25) is 5.95 Å². The molecule has 4 rings (SSSR count). The summed E-state index contributed by atoms with van der Waals surface area (Å²) in [5.41, 5.74) is 2.12. The first-order valence-corrected chi connectivity index (χ1v) is 11.8. The summed E-state index contributed by atoms with van der Waals surface area (Å²) in [5.74, 6) is 1.36. The van der Waals surface area contributed by atoms with Crippen LogP contribution in [0.5, 0.6) is 0 Å². The molecule has 1 aliphatic rings. The van der Waals surface area contributed by atoms with Gasteiger partial charge in [-0.15, -0.1) is 11.3 Å². The molecule has 158 valence electrons. The van der Waals surface area contributed by atoms with Gasteiger partial charge in [-0.3, -0.25) is 4.72 Å². The van der Waals surface area contributed by atoms with Crippen molar-refractivity contribution in [2.45, 2.75) is 18.1 Å². The van der Waals surface area contributed by atoms with Gasteiger partial charge in [0.1, 0.15) is 10.0 Å². The monoisotopic (exact) mass is 445 g/mol. The highest BCUT2D eigenvalue weighted by atomic mass is 32.2. The summed E-state index contributed by atoms with van der Waals surface area (Å²) in [5, 5.41) is 3.19. The van der Waals surface area contributed by atoms with E-state index < -0.39 is 10.0 Å². The quantitative estimate of drug-likeness (QED) is 0.599. The molecule has 1 aromatic carbocycles. The topological polar surface area (TPSA) is 96.5 Å². The molecule has 0 radical (unpaired) electrons. The fourth-order valence-electron chi connectivity index (χ4n) is 3.07. The van der Waals surface area contributed by atoms with E-state index in [4.69, 9.17) is 4.74 Å². The molecule has 0 atom stereocenters. The Balaban J connectivity index is 1.46. The number of nitrogens with one attached hydrogen (secondary N) is 2. The first-order valence-electron chi connectivity index (χ1n) is 9.54. The first kappa shape index (κ1) is 20.6. The Labute approximate surface area is 180 Å². The summed E-state index contributed by atoms with van der Waals surface area (Å²) in [7, 11) is -3.58. The van der Waals surface area contributed by atoms with Crippen molar-refractivity contribution < 1.29 is 13.2 Å². The van der Waals surface area contributed by atoms with Gasteiger partial charge in [0.25, 0.3) is 10.0 Å². The highest BCUT2D eigenvalue weighted by molar-refractivity contribution is 7.94. The standard InChI is InChI=1S/C20H23N5O3S2/c1-14-13-18(25-9-11-28-12-10-25)23-20(21-14)22-16-4-6-17(7-5-16)24-30(26,27)19-8-3-15(2)29-19/h3-8,13,24H,9-12H2,1-2H3,(H,21,22,23). The van der Waals surface area contributed by atoms with E-state index in [2.05, 4.69) is 24.9 Å². The highest BCUT2D eigenvalue weighted by Gasteiger charge is 2.17. The van der Waals surface area contributed by atoms with Crippen LogP contribution < -0.4 is 14.9 Å². The summed E-state index contributed by atoms with van der Waals surface area (Å²) >= 11 is 1.24. The van der Waals surface area contributed by atoms with Crippen molar-refractivity contribution in [1.82, 2.24) is 9.97 Å². The molecule has 0 spiro atoms. The van der Waals surface area contributed by atoms with E-state index in [1.54, 1.807) is 36.4 Å². The lowest BCUT2D eigenvalue weighted by Crippen LogP contribution is -2.36. The molecule has 3 aromatic rings. The second-order valence-corrected chi connectivity index (χ2v) is 10.2. The van der Waals surface area contributed by atoms with Crippen LogP contribution in [0.3, 0.4) is 0 Å². The molecule has 2 aromatic heterocycles. The van der Waals surface area contributed by atoms with Crippen LogP contribution in [0.2, 0.25) is 0 Å². The zero-order valence-corrected chi connectivity index (χ0v) is 18.4. The summed E-state index contributed by atoms with van der Waals surface area (Å²) in [6, 6.07) is 12.4. The molecule has 2 N–H and O–H groups in total. The molecular weight excluding hydrogens is 422 g/mol. The smallest absolute Gasteiger partial charge is 0.271 e. The van der Waals surface area contributed by atoms with E-state index in [1.807, 2.05) is 19.9 Å². The minimum Gasteiger partial charge on any atom is -0.378 e. The van der Waals surface area contributed by atoms with Gasteiger partial charge < -0.3 is 15.0 Å². The van der Waals surface area contributed by atoms with Crippen molar-refractivity contribution in [1.29, 1.82) is 0 Å². The molecule has 0 unspecified atom stereocenters. The third kappa shape index (κ3) is 4.89. The molecule has 3 heterocycles. The molecular formula is C20H23N5O3S2. The second kappa shape index (κ2) is 8.58. The maximum Gasteiger partial charge on any atom is 0.271 e. The van der Waals surface area contributed by atoms with Crippen LogP contribution in [0.25, 0.3) is 0 Å². The second-order valence-electron chi connectivity index (χ2n) is 6.96. The summed E-state index contributed by atoms with van der Waals surface area (Å²) in [4.78, 5) is 12.2. The largest absolute Gasteiger partial charge is 0.378 e. The Hall–Kier alpha value is -2.69. The van der Waals surface area contributed by atoms with Crippen molar-refractivity contribution in [2.75, 3.05) is 41.2 Å². The maximum atomic E-state index is 12.5. The predicted molar refractivity (Wildman–Crippen MR) is 119 cm³/mol. The van der Waals surface area contributed by atoms with E-state index in [-0.39, 0.29) is 0 Å². The third-order valence-corrected chi connectivity index (χ3v) is 7.42. The number of rotatable bonds is 6. The number of benzene rings is 1. The van der Waals surface area contributed by atoms with E-state index in [1.165, 1.54) is 11.3 Å². The maximum absolute atomic E-state index is 12.5. The Morgan fingerprint density at radius 1 is 1.00 bits per heavy atom. The Morgan fingerprint density at radius 2 is 1.70 bits per heavy atom. The minimum atomic E-state index is -3.58. The van der Waals surface area contributed by atoms with Crippen LogP contribution in [0, 0.1) is 13.8 Å². The fraction of sp³-hybridized carbons (Fsp3) is 0.300. The van der Waals surface area contributed by atoms with Crippen LogP contribution in [0.15, 0.2) is 46.7 Å². The van der Waals surface area contributed by atoms with Crippen LogP contribution >= 0.6 is 11.3 Å². The van der Waals surface area contributed by atoms with Gasteiger partial charge in [0, 0.05) is 41.1 Å². The van der Waals surface area contributed by atoms with Crippen molar-refractivity contribution >= 4 is 44.5 Å². The van der Waals surface area contributed by atoms with Gasteiger partial charge in [0.05, 0.1) is 13.2 Å². The van der Waals surface area contributed by atoms with Crippen molar-refractivity contribution in [3.05, 3.63) is 53.0 Å². The highest BCUT2D eigenvalue weighted by Crippen LogP contribution is 2.25. The van der Waals surface area contributed by atoms with E-state index in [9.17, 15) is 8.42 Å². The lowest BCUT2D eigenvalue weighted by molar-refractivity contribution is 0.122. The van der Waals surface area contributed by atoms with Crippen LogP contribution in [0.1, 0.15) is 10.6 Å². The third-order valence-electron chi connectivity index (χ3n) is 4.55. The summed E-state index contributed by atoms with van der Waals surface area (Å²) in [6.45, 7) is 6.79. The van der Waals surface area contributed by atoms with Crippen molar-refractivity contribution in [3.63, 3.8) is 0 Å². The number of ether oxygens (including phenoxy) is 1. The molecule has 0 aliphatic carbocycles. The van der Waals surface area contributed by atoms with Crippen LogP contribution in [0.4, 0.5) is 23.1 Å². The average molecular weight is 446 g/mol. The minimum absolute atomic E-state index is 0.297. The van der Waals surface area contributed by atoms with Crippen LogP contribution in [-0.2, 0) is 14.8 Å². The Bertz CT molecular complexity index is 1120. The van der Waals surface area contributed by atoms with Crippen molar-refractivity contribution in [3.8, 4) is 0 Å². The van der Waals surface area contributed by atoms with Gasteiger partial charge in [-0.25, -0.2) is 13.4 Å². The SMILES string of the molecule is Cc1cc(N2CCOCC2)nc(Nc2ccc(NS(=O)(=O)c3ccc(C)s3)cc2)n1. The normalized spacial score (nSPS) is 14.5. The molecule has 10 heteroatoms. The van der Waals surface area contributed by atoms with E-state index in [0.29, 0.717) is 29.1 Å². The lowest BCUT2D eigenvalue weighted by atomic mass is 10.3. The summed E-state index contributed by atoms with van der Waals surface area (Å²) < 4.78 is 33.2. The number of hydrogen-bond acceptors (Lipinski definition) is 8. The van der Waals surface area contributed by atoms with Gasteiger partial charge in [-0.1, -0.05) is 0 Å². The van der Waals surface area contributed by atoms with Crippen LogP contribution in [-0.4, -0.2) is 44.7 Å². The Morgan fingerprint density at radius 3 is 2.37 bits per heavy atom. The number of sulfonamides is 1. The zero-order valence-electron chi connectivity index (χ0n) is 16.8. The number of hydrogen-bond donors (Lipinski definition) is 2. The summed E-state index contributed by atoms with van der Waals surface area (Å²) in [6.07, 6.45) is 0. The van der Waals surface area contributed by atoms with Gasteiger partial charge >= 0.3 is 0 Å². The number of thiophene rings is 1. The number of aryl methyl sites for hydroxylation is 2.